The molecule has 0 heterocycles. The van der Waals surface area contributed by atoms with E-state index in [4.69, 9.17) is 0 Å². The van der Waals surface area contributed by atoms with Crippen molar-refractivity contribution in [2.24, 2.45) is 11.8 Å². The van der Waals surface area contributed by atoms with Gasteiger partial charge in [-0.3, -0.25) is 4.79 Å². The number of rotatable bonds is 11. The highest BCUT2D eigenvalue weighted by Crippen LogP contribution is 2.18. The average Bonchev–Trinajstić information content (AvgIpc) is 2.43. The molecule has 0 radical (unpaired) electrons. The van der Waals surface area contributed by atoms with Crippen molar-refractivity contribution >= 4 is 5.91 Å². The van der Waals surface area contributed by atoms with Gasteiger partial charge in [-0.05, 0) is 25.2 Å². The fourth-order valence-corrected chi connectivity index (χ4v) is 2.66. The minimum absolute atomic E-state index is 0.244. The van der Waals surface area contributed by atoms with E-state index < -0.39 is 0 Å². The highest BCUT2D eigenvalue weighted by molar-refractivity contribution is 5.78. The number of nitrogens with zero attached hydrogens (tertiary/aromatic N) is 1. The van der Waals surface area contributed by atoms with E-state index >= 15 is 0 Å². The maximum Gasteiger partial charge on any atom is 0.225 e. The third-order valence-electron chi connectivity index (χ3n) is 4.20. The third-order valence-corrected chi connectivity index (χ3v) is 4.20. The van der Waals surface area contributed by atoms with Crippen LogP contribution in [0, 0.1) is 11.8 Å². The van der Waals surface area contributed by atoms with Crippen molar-refractivity contribution in [1.29, 1.82) is 0 Å². The maximum absolute atomic E-state index is 12.4. The molecule has 0 saturated heterocycles. The SMILES string of the molecule is CCCCC(CC)CN(C)C(=O)C(CC)CCCC. The summed E-state index contributed by atoms with van der Waals surface area (Å²) in [5.74, 6) is 1.29. The van der Waals surface area contributed by atoms with Crippen LogP contribution >= 0.6 is 0 Å². The van der Waals surface area contributed by atoms with Gasteiger partial charge in [0.2, 0.25) is 5.91 Å². The summed E-state index contributed by atoms with van der Waals surface area (Å²) in [5, 5.41) is 0. The van der Waals surface area contributed by atoms with Crippen LogP contribution in [0.4, 0.5) is 0 Å². The van der Waals surface area contributed by atoms with Crippen molar-refractivity contribution < 1.29 is 4.79 Å². The lowest BCUT2D eigenvalue weighted by Gasteiger charge is -2.27. The summed E-state index contributed by atoms with van der Waals surface area (Å²) < 4.78 is 0. The zero-order chi connectivity index (χ0) is 14.7. The van der Waals surface area contributed by atoms with Gasteiger partial charge in [0.15, 0.2) is 0 Å². The van der Waals surface area contributed by atoms with Crippen LogP contribution in [0.25, 0.3) is 0 Å². The van der Waals surface area contributed by atoms with Crippen LogP contribution in [-0.2, 0) is 4.79 Å². The smallest absolute Gasteiger partial charge is 0.225 e. The molecule has 2 atom stereocenters. The number of amides is 1. The summed E-state index contributed by atoms with van der Waals surface area (Å²) >= 11 is 0. The Kier molecular flexibility index (Phi) is 11.0. The van der Waals surface area contributed by atoms with E-state index in [-0.39, 0.29) is 5.92 Å². The van der Waals surface area contributed by atoms with E-state index in [0.717, 1.165) is 19.4 Å². The van der Waals surface area contributed by atoms with Gasteiger partial charge in [0.1, 0.15) is 0 Å². The zero-order valence-corrected chi connectivity index (χ0v) is 13.9. The first kappa shape index (κ1) is 18.5. The predicted molar refractivity (Wildman–Crippen MR) is 84.2 cm³/mol. The Morgan fingerprint density at radius 3 is 2.00 bits per heavy atom. The van der Waals surface area contributed by atoms with E-state index in [1.807, 2.05) is 11.9 Å². The maximum atomic E-state index is 12.4. The second kappa shape index (κ2) is 11.3. The molecule has 0 fully saturated rings. The van der Waals surface area contributed by atoms with Crippen LogP contribution in [0.2, 0.25) is 0 Å². The molecular formula is C17H35NO. The Hall–Kier alpha value is -0.530. The quantitative estimate of drug-likeness (QED) is 0.523. The monoisotopic (exact) mass is 269 g/mol. The molecule has 2 unspecified atom stereocenters. The van der Waals surface area contributed by atoms with Gasteiger partial charge in [-0.15, -0.1) is 0 Å². The minimum atomic E-state index is 0.244. The topological polar surface area (TPSA) is 20.3 Å². The van der Waals surface area contributed by atoms with Crippen LogP contribution < -0.4 is 0 Å². The number of hydrogen-bond donors (Lipinski definition) is 0. The van der Waals surface area contributed by atoms with Crippen molar-refractivity contribution in [3.05, 3.63) is 0 Å². The van der Waals surface area contributed by atoms with Gasteiger partial charge in [-0.25, -0.2) is 0 Å². The molecule has 0 saturated carbocycles. The summed E-state index contributed by atoms with van der Waals surface area (Å²) in [6, 6.07) is 0. The lowest BCUT2D eigenvalue weighted by atomic mass is 9.95. The molecule has 0 rings (SSSR count). The largest absolute Gasteiger partial charge is 0.345 e. The Morgan fingerprint density at radius 1 is 0.947 bits per heavy atom. The predicted octanol–water partition coefficient (Wildman–Crippen LogP) is 4.88. The summed E-state index contributed by atoms with van der Waals surface area (Å²) in [7, 11) is 1.99. The van der Waals surface area contributed by atoms with E-state index in [1.54, 1.807) is 0 Å². The molecule has 1 amide bonds. The minimum Gasteiger partial charge on any atom is -0.345 e. The molecule has 0 aromatic heterocycles. The van der Waals surface area contributed by atoms with E-state index in [2.05, 4.69) is 27.7 Å². The summed E-state index contributed by atoms with van der Waals surface area (Å²) in [6.07, 6.45) is 9.37. The highest BCUT2D eigenvalue weighted by atomic mass is 16.2. The van der Waals surface area contributed by atoms with Gasteiger partial charge in [0, 0.05) is 19.5 Å². The molecular weight excluding hydrogens is 234 g/mol. The molecule has 2 nitrogen and oxygen atoms in total. The Bertz CT molecular complexity index is 227. The van der Waals surface area contributed by atoms with Crippen molar-refractivity contribution in [2.45, 2.75) is 79.1 Å². The number of hydrogen-bond acceptors (Lipinski definition) is 1. The average molecular weight is 269 g/mol. The van der Waals surface area contributed by atoms with Crippen LogP contribution in [0.15, 0.2) is 0 Å². The van der Waals surface area contributed by atoms with Crippen LogP contribution in [0.3, 0.4) is 0 Å². The van der Waals surface area contributed by atoms with E-state index in [0.29, 0.717) is 11.8 Å². The summed E-state index contributed by atoms with van der Waals surface area (Å²) in [6.45, 7) is 9.75. The molecule has 0 aromatic rings. The van der Waals surface area contributed by atoms with Gasteiger partial charge < -0.3 is 4.90 Å². The van der Waals surface area contributed by atoms with Crippen molar-refractivity contribution in [3.8, 4) is 0 Å². The highest BCUT2D eigenvalue weighted by Gasteiger charge is 2.21. The van der Waals surface area contributed by atoms with Gasteiger partial charge >= 0.3 is 0 Å². The normalized spacial score (nSPS) is 14.2. The lowest BCUT2D eigenvalue weighted by molar-refractivity contribution is -0.135. The molecule has 0 aliphatic rings. The van der Waals surface area contributed by atoms with Crippen LogP contribution in [0.1, 0.15) is 79.1 Å². The zero-order valence-electron chi connectivity index (χ0n) is 13.9. The van der Waals surface area contributed by atoms with Crippen LogP contribution in [-0.4, -0.2) is 24.4 Å². The molecule has 2 heteroatoms. The standard InChI is InChI=1S/C17H35NO/c1-6-10-12-15(8-3)14-18(5)17(19)16(9-4)13-11-7-2/h15-16H,6-14H2,1-5H3. The summed E-state index contributed by atoms with van der Waals surface area (Å²) in [5.41, 5.74) is 0. The molecule has 0 N–H and O–H groups in total. The molecule has 0 aliphatic carbocycles. The van der Waals surface area contributed by atoms with Crippen LogP contribution in [0.5, 0.6) is 0 Å². The number of unbranched alkanes of at least 4 members (excludes halogenated alkanes) is 2. The number of carbonyl (C=O) groups is 1. The first-order valence-corrected chi connectivity index (χ1v) is 8.35. The molecule has 114 valence electrons. The Morgan fingerprint density at radius 2 is 1.53 bits per heavy atom. The van der Waals surface area contributed by atoms with Gasteiger partial charge in [-0.2, -0.15) is 0 Å². The first-order valence-electron chi connectivity index (χ1n) is 8.35. The van der Waals surface area contributed by atoms with Crippen molar-refractivity contribution in [1.82, 2.24) is 4.90 Å². The lowest BCUT2D eigenvalue weighted by Crippen LogP contribution is -2.36. The molecule has 0 bridgehead atoms. The van der Waals surface area contributed by atoms with Crippen molar-refractivity contribution in [2.75, 3.05) is 13.6 Å². The van der Waals surface area contributed by atoms with Gasteiger partial charge in [0.05, 0.1) is 0 Å². The molecule has 19 heavy (non-hydrogen) atoms. The fraction of sp³-hybridized carbons (Fsp3) is 0.941. The summed E-state index contributed by atoms with van der Waals surface area (Å²) in [4.78, 5) is 14.4. The second-order valence-electron chi connectivity index (χ2n) is 5.88. The van der Waals surface area contributed by atoms with E-state index in [1.165, 1.54) is 38.5 Å². The fourth-order valence-electron chi connectivity index (χ4n) is 2.66. The molecule has 0 aliphatic heterocycles. The Balaban J connectivity index is 4.27. The second-order valence-corrected chi connectivity index (χ2v) is 5.88. The number of carbonyl (C=O) groups excluding carboxylic acids is 1. The van der Waals surface area contributed by atoms with Gasteiger partial charge in [0.25, 0.3) is 0 Å². The van der Waals surface area contributed by atoms with E-state index in [9.17, 15) is 4.79 Å². The Labute approximate surface area is 120 Å². The third kappa shape index (κ3) is 7.59. The first-order chi connectivity index (χ1) is 9.10. The van der Waals surface area contributed by atoms with Gasteiger partial charge in [-0.1, -0.05) is 59.8 Å². The van der Waals surface area contributed by atoms with Crippen molar-refractivity contribution in [3.63, 3.8) is 0 Å². The molecule has 0 aromatic carbocycles. The molecule has 0 spiro atoms.